The van der Waals surface area contributed by atoms with Gasteiger partial charge in [-0.15, -0.1) is 0 Å². The molecule has 1 aliphatic rings. The maximum atomic E-state index is 12.7. The van der Waals surface area contributed by atoms with Crippen LogP contribution in [0.15, 0.2) is 60.7 Å². The number of aryl methyl sites for hydroxylation is 1. The molecule has 2 N–H and O–H groups in total. The zero-order valence-corrected chi connectivity index (χ0v) is 15.0. The van der Waals surface area contributed by atoms with Gasteiger partial charge in [0.05, 0.1) is 18.8 Å². The fourth-order valence-corrected chi connectivity index (χ4v) is 3.51. The largest absolute Gasteiger partial charge is 0.504 e. The van der Waals surface area contributed by atoms with Crippen molar-refractivity contribution in [2.24, 2.45) is 0 Å². The summed E-state index contributed by atoms with van der Waals surface area (Å²) in [5.74, 6) is 0.234. The van der Waals surface area contributed by atoms with Crippen molar-refractivity contribution < 1.29 is 14.6 Å². The Balaban J connectivity index is 1.56. The van der Waals surface area contributed by atoms with Crippen molar-refractivity contribution in [2.75, 3.05) is 7.11 Å². The van der Waals surface area contributed by atoms with Gasteiger partial charge in [-0.25, -0.2) is 4.98 Å². The van der Waals surface area contributed by atoms with Crippen molar-refractivity contribution in [1.82, 2.24) is 10.3 Å². The van der Waals surface area contributed by atoms with E-state index in [1.165, 1.54) is 18.2 Å². The SMILES string of the molecule is COc1ccc(-c2cccc(C(=O)NC3CCc4ccccc43)n2)cc1O. The Morgan fingerprint density at radius 1 is 1.15 bits per heavy atom. The number of carbonyl (C=O) groups is 1. The minimum Gasteiger partial charge on any atom is -0.504 e. The van der Waals surface area contributed by atoms with Crippen LogP contribution in [0, 0.1) is 0 Å². The van der Waals surface area contributed by atoms with Crippen LogP contribution in [-0.4, -0.2) is 23.1 Å². The van der Waals surface area contributed by atoms with Gasteiger partial charge in [-0.3, -0.25) is 4.79 Å². The number of carbonyl (C=O) groups excluding carboxylic acids is 1. The highest BCUT2D eigenvalue weighted by Crippen LogP contribution is 2.32. The second kappa shape index (κ2) is 7.11. The fourth-order valence-electron chi connectivity index (χ4n) is 3.51. The number of ether oxygens (including phenoxy) is 1. The Morgan fingerprint density at radius 2 is 2.00 bits per heavy atom. The van der Waals surface area contributed by atoms with Crippen molar-refractivity contribution in [3.63, 3.8) is 0 Å². The molecule has 0 saturated heterocycles. The summed E-state index contributed by atoms with van der Waals surface area (Å²) in [5.41, 5.74) is 4.16. The number of aromatic hydroxyl groups is 1. The molecule has 0 saturated carbocycles. The van der Waals surface area contributed by atoms with Crippen LogP contribution in [0.25, 0.3) is 11.3 Å². The van der Waals surface area contributed by atoms with Crippen molar-refractivity contribution in [1.29, 1.82) is 0 Å². The number of methoxy groups -OCH3 is 1. The molecule has 1 amide bonds. The highest BCUT2D eigenvalue weighted by Gasteiger charge is 2.24. The van der Waals surface area contributed by atoms with Gasteiger partial charge in [0, 0.05) is 5.56 Å². The molecule has 0 aliphatic heterocycles. The molecule has 0 radical (unpaired) electrons. The molecule has 1 unspecified atom stereocenters. The van der Waals surface area contributed by atoms with Gasteiger partial charge < -0.3 is 15.2 Å². The number of aromatic nitrogens is 1. The first kappa shape index (κ1) is 17.1. The topological polar surface area (TPSA) is 71.5 Å². The third-order valence-electron chi connectivity index (χ3n) is 4.89. The highest BCUT2D eigenvalue weighted by molar-refractivity contribution is 5.93. The number of pyridine rings is 1. The van der Waals surface area contributed by atoms with Crippen LogP contribution in [0.5, 0.6) is 11.5 Å². The first-order chi connectivity index (χ1) is 13.2. The quantitative estimate of drug-likeness (QED) is 0.741. The molecular formula is C22H20N2O3. The molecule has 2 aromatic carbocycles. The molecule has 1 heterocycles. The van der Waals surface area contributed by atoms with Gasteiger partial charge in [0.1, 0.15) is 5.69 Å². The third kappa shape index (κ3) is 3.36. The normalized spacial score (nSPS) is 15.2. The van der Waals surface area contributed by atoms with Gasteiger partial charge in [0.15, 0.2) is 11.5 Å². The Morgan fingerprint density at radius 3 is 2.81 bits per heavy atom. The maximum absolute atomic E-state index is 12.7. The maximum Gasteiger partial charge on any atom is 0.270 e. The molecular weight excluding hydrogens is 340 g/mol. The first-order valence-electron chi connectivity index (χ1n) is 8.89. The minimum atomic E-state index is -0.198. The van der Waals surface area contributed by atoms with Crippen molar-refractivity contribution in [2.45, 2.75) is 18.9 Å². The average molecular weight is 360 g/mol. The number of hydrogen-bond donors (Lipinski definition) is 2. The van der Waals surface area contributed by atoms with Gasteiger partial charge in [-0.05, 0) is 54.3 Å². The minimum absolute atomic E-state index is 0.0178. The lowest BCUT2D eigenvalue weighted by Gasteiger charge is -2.14. The highest BCUT2D eigenvalue weighted by atomic mass is 16.5. The van der Waals surface area contributed by atoms with Crippen LogP contribution in [0.2, 0.25) is 0 Å². The number of benzene rings is 2. The lowest BCUT2D eigenvalue weighted by molar-refractivity contribution is 0.0932. The number of rotatable bonds is 4. The Labute approximate surface area is 157 Å². The summed E-state index contributed by atoms with van der Waals surface area (Å²) in [5, 5.41) is 13.1. The Kier molecular flexibility index (Phi) is 4.50. The average Bonchev–Trinajstić information content (AvgIpc) is 3.11. The predicted molar refractivity (Wildman–Crippen MR) is 103 cm³/mol. The van der Waals surface area contributed by atoms with E-state index in [9.17, 15) is 9.90 Å². The zero-order chi connectivity index (χ0) is 18.8. The summed E-state index contributed by atoms with van der Waals surface area (Å²) in [7, 11) is 1.50. The van der Waals surface area contributed by atoms with Gasteiger partial charge in [-0.1, -0.05) is 30.3 Å². The van der Waals surface area contributed by atoms with Crippen LogP contribution < -0.4 is 10.1 Å². The van der Waals surface area contributed by atoms with Gasteiger partial charge >= 0.3 is 0 Å². The number of phenols is 1. The van der Waals surface area contributed by atoms with Crippen molar-refractivity contribution >= 4 is 5.91 Å². The smallest absolute Gasteiger partial charge is 0.270 e. The Bertz CT molecular complexity index is 1000. The first-order valence-corrected chi connectivity index (χ1v) is 8.89. The van der Waals surface area contributed by atoms with E-state index in [0.717, 1.165) is 12.8 Å². The summed E-state index contributed by atoms with van der Waals surface area (Å²) >= 11 is 0. The van der Waals surface area contributed by atoms with E-state index in [-0.39, 0.29) is 17.7 Å². The number of nitrogens with zero attached hydrogens (tertiary/aromatic N) is 1. The van der Waals surface area contributed by atoms with E-state index in [4.69, 9.17) is 4.74 Å². The van der Waals surface area contributed by atoms with E-state index >= 15 is 0 Å². The molecule has 5 heteroatoms. The van der Waals surface area contributed by atoms with Crippen LogP contribution in [-0.2, 0) is 6.42 Å². The van der Waals surface area contributed by atoms with E-state index in [1.807, 2.05) is 18.2 Å². The van der Waals surface area contributed by atoms with Crippen LogP contribution in [0.4, 0.5) is 0 Å². The molecule has 0 bridgehead atoms. The molecule has 27 heavy (non-hydrogen) atoms. The fraction of sp³-hybridized carbons (Fsp3) is 0.182. The van der Waals surface area contributed by atoms with E-state index in [2.05, 4.69) is 22.4 Å². The van der Waals surface area contributed by atoms with E-state index in [1.54, 1.807) is 30.3 Å². The second-order valence-electron chi connectivity index (χ2n) is 6.56. The number of nitrogens with one attached hydrogen (secondary N) is 1. The summed E-state index contributed by atoms with van der Waals surface area (Å²) in [6, 6.07) is 18.6. The molecule has 1 aliphatic carbocycles. The molecule has 0 spiro atoms. The van der Waals surface area contributed by atoms with E-state index < -0.39 is 0 Å². The van der Waals surface area contributed by atoms with Crippen LogP contribution in [0.1, 0.15) is 34.1 Å². The lowest BCUT2D eigenvalue weighted by atomic mass is 10.1. The Hall–Kier alpha value is -3.34. The number of phenolic OH excluding ortho intramolecular Hbond substituents is 1. The predicted octanol–water partition coefficient (Wildman–Crippen LogP) is 3.88. The molecule has 136 valence electrons. The molecule has 3 aromatic rings. The number of hydrogen-bond acceptors (Lipinski definition) is 4. The summed E-state index contributed by atoms with van der Waals surface area (Å²) in [6.45, 7) is 0. The summed E-state index contributed by atoms with van der Waals surface area (Å²) in [6.07, 6.45) is 1.87. The molecule has 4 rings (SSSR count). The van der Waals surface area contributed by atoms with Crippen molar-refractivity contribution in [3.8, 4) is 22.8 Å². The second-order valence-corrected chi connectivity index (χ2v) is 6.56. The van der Waals surface area contributed by atoms with Crippen LogP contribution in [0.3, 0.4) is 0 Å². The molecule has 5 nitrogen and oxygen atoms in total. The lowest BCUT2D eigenvalue weighted by Crippen LogP contribution is -2.27. The monoisotopic (exact) mass is 360 g/mol. The van der Waals surface area contributed by atoms with Gasteiger partial charge in [0.25, 0.3) is 5.91 Å². The summed E-state index contributed by atoms with van der Waals surface area (Å²) in [4.78, 5) is 17.2. The molecule has 0 fully saturated rings. The van der Waals surface area contributed by atoms with Crippen LogP contribution >= 0.6 is 0 Å². The number of amides is 1. The molecule has 1 aromatic heterocycles. The van der Waals surface area contributed by atoms with Gasteiger partial charge in [0.2, 0.25) is 0 Å². The van der Waals surface area contributed by atoms with E-state index in [0.29, 0.717) is 22.7 Å². The summed E-state index contributed by atoms with van der Waals surface area (Å²) < 4.78 is 5.07. The third-order valence-corrected chi connectivity index (χ3v) is 4.89. The zero-order valence-electron chi connectivity index (χ0n) is 15.0. The van der Waals surface area contributed by atoms with Crippen molar-refractivity contribution in [3.05, 3.63) is 77.5 Å². The van der Waals surface area contributed by atoms with Gasteiger partial charge in [-0.2, -0.15) is 0 Å². The number of fused-ring (bicyclic) bond motifs is 1. The standard InChI is InChI=1S/C22H20N2O3/c1-27-21-12-10-15(13-20(21)25)17-7-4-8-19(23-17)22(26)24-18-11-9-14-5-2-3-6-16(14)18/h2-8,10,12-13,18,25H,9,11H2,1H3,(H,24,26). The molecule has 1 atom stereocenters.